The van der Waals surface area contributed by atoms with Gasteiger partial charge in [0.15, 0.2) is 0 Å². The second kappa shape index (κ2) is 7.49. The molecule has 0 saturated carbocycles. The molecule has 0 radical (unpaired) electrons. The molecular formula is C18H20N4O4. The van der Waals surface area contributed by atoms with Crippen LogP contribution in [0.25, 0.3) is 0 Å². The largest absolute Gasteiger partial charge is 0.477 e. The minimum atomic E-state index is -1.12. The SMILES string of the molecule is CC1CN(c2ccc(C(=O)Nc3ccc(C(=O)O)nc3)cn2)CC(C)O1. The average Bonchev–Trinajstić information content (AvgIpc) is 2.61. The molecule has 3 heterocycles. The fraction of sp³-hybridized carbons (Fsp3) is 0.333. The third-order valence-corrected chi connectivity index (χ3v) is 3.99. The highest BCUT2D eigenvalue weighted by Gasteiger charge is 2.23. The summed E-state index contributed by atoms with van der Waals surface area (Å²) in [6.45, 7) is 5.55. The van der Waals surface area contributed by atoms with E-state index in [1.807, 2.05) is 19.9 Å². The predicted octanol–water partition coefficient (Wildman–Crippen LogP) is 2.04. The summed E-state index contributed by atoms with van der Waals surface area (Å²) in [6, 6.07) is 6.35. The minimum absolute atomic E-state index is 0.0806. The topological polar surface area (TPSA) is 105 Å². The lowest BCUT2D eigenvalue weighted by atomic mass is 10.2. The van der Waals surface area contributed by atoms with Crippen LogP contribution in [-0.4, -0.2) is 52.2 Å². The lowest BCUT2D eigenvalue weighted by molar-refractivity contribution is -0.00546. The molecular weight excluding hydrogens is 336 g/mol. The molecule has 1 aliphatic rings. The zero-order chi connectivity index (χ0) is 18.7. The smallest absolute Gasteiger partial charge is 0.354 e. The number of hydrogen-bond acceptors (Lipinski definition) is 6. The van der Waals surface area contributed by atoms with Gasteiger partial charge in [0.1, 0.15) is 11.5 Å². The third-order valence-electron chi connectivity index (χ3n) is 3.99. The van der Waals surface area contributed by atoms with Gasteiger partial charge in [0.2, 0.25) is 0 Å². The number of ether oxygens (including phenoxy) is 1. The van der Waals surface area contributed by atoms with Crippen molar-refractivity contribution in [3.05, 3.63) is 47.9 Å². The average molecular weight is 356 g/mol. The maximum atomic E-state index is 12.3. The van der Waals surface area contributed by atoms with Gasteiger partial charge in [-0.1, -0.05) is 0 Å². The van der Waals surface area contributed by atoms with Gasteiger partial charge in [0.25, 0.3) is 5.91 Å². The molecule has 2 N–H and O–H groups in total. The molecule has 1 aliphatic heterocycles. The number of carboxylic acid groups (broad SMARTS) is 1. The zero-order valence-corrected chi connectivity index (χ0v) is 14.5. The van der Waals surface area contributed by atoms with Crippen molar-refractivity contribution in [3.63, 3.8) is 0 Å². The maximum absolute atomic E-state index is 12.3. The molecule has 0 bridgehead atoms. The first-order valence-electron chi connectivity index (χ1n) is 8.29. The lowest BCUT2D eigenvalue weighted by Crippen LogP contribution is -2.45. The van der Waals surface area contributed by atoms with Crippen LogP contribution in [0.15, 0.2) is 36.7 Å². The van der Waals surface area contributed by atoms with E-state index in [0.29, 0.717) is 11.3 Å². The van der Waals surface area contributed by atoms with Crippen molar-refractivity contribution in [2.75, 3.05) is 23.3 Å². The molecule has 2 unspecified atom stereocenters. The Kier molecular flexibility index (Phi) is 5.13. The number of carbonyl (C=O) groups is 2. The van der Waals surface area contributed by atoms with Crippen LogP contribution in [0.1, 0.15) is 34.7 Å². The molecule has 1 fully saturated rings. The first-order chi connectivity index (χ1) is 12.4. The summed E-state index contributed by atoms with van der Waals surface area (Å²) >= 11 is 0. The van der Waals surface area contributed by atoms with Crippen molar-refractivity contribution in [2.24, 2.45) is 0 Å². The van der Waals surface area contributed by atoms with E-state index in [1.165, 1.54) is 24.5 Å². The van der Waals surface area contributed by atoms with Crippen LogP contribution < -0.4 is 10.2 Å². The molecule has 8 heteroatoms. The number of nitrogens with zero attached hydrogens (tertiary/aromatic N) is 3. The van der Waals surface area contributed by atoms with Gasteiger partial charge in [0.05, 0.1) is 29.7 Å². The van der Waals surface area contributed by atoms with Gasteiger partial charge in [-0.15, -0.1) is 0 Å². The highest BCUT2D eigenvalue weighted by atomic mass is 16.5. The Morgan fingerprint density at radius 2 is 1.85 bits per heavy atom. The Labute approximate surface area is 150 Å². The molecule has 1 amide bonds. The van der Waals surface area contributed by atoms with Gasteiger partial charge in [-0.05, 0) is 38.1 Å². The van der Waals surface area contributed by atoms with E-state index >= 15 is 0 Å². The number of hydrogen-bond donors (Lipinski definition) is 2. The molecule has 26 heavy (non-hydrogen) atoms. The summed E-state index contributed by atoms with van der Waals surface area (Å²) in [5.74, 6) is -0.650. The molecule has 8 nitrogen and oxygen atoms in total. The van der Waals surface area contributed by atoms with E-state index in [9.17, 15) is 9.59 Å². The molecule has 2 aromatic heterocycles. The number of aromatic nitrogens is 2. The number of pyridine rings is 2. The molecule has 2 aromatic rings. The zero-order valence-electron chi connectivity index (χ0n) is 14.5. The first kappa shape index (κ1) is 17.8. The fourth-order valence-corrected chi connectivity index (χ4v) is 2.87. The van der Waals surface area contributed by atoms with E-state index in [4.69, 9.17) is 9.84 Å². The van der Waals surface area contributed by atoms with Crippen molar-refractivity contribution < 1.29 is 19.4 Å². The Hall–Kier alpha value is -3.00. The predicted molar refractivity (Wildman–Crippen MR) is 95.6 cm³/mol. The molecule has 2 atom stereocenters. The Bertz CT molecular complexity index is 782. The Balaban J connectivity index is 1.66. The van der Waals surface area contributed by atoms with Gasteiger partial charge >= 0.3 is 5.97 Å². The quantitative estimate of drug-likeness (QED) is 0.864. The van der Waals surface area contributed by atoms with Crippen LogP contribution in [0.3, 0.4) is 0 Å². The molecule has 3 rings (SSSR count). The highest BCUT2D eigenvalue weighted by Crippen LogP contribution is 2.19. The van der Waals surface area contributed by atoms with Crippen molar-refractivity contribution in [1.82, 2.24) is 9.97 Å². The first-order valence-corrected chi connectivity index (χ1v) is 8.29. The third kappa shape index (κ3) is 4.15. The molecule has 136 valence electrons. The van der Waals surface area contributed by atoms with E-state index in [2.05, 4.69) is 20.2 Å². The maximum Gasteiger partial charge on any atom is 0.354 e. The van der Waals surface area contributed by atoms with Crippen LogP contribution in [0.5, 0.6) is 0 Å². The fourth-order valence-electron chi connectivity index (χ4n) is 2.87. The van der Waals surface area contributed by atoms with Crippen LogP contribution in [-0.2, 0) is 4.74 Å². The second-order valence-electron chi connectivity index (χ2n) is 6.26. The summed E-state index contributed by atoms with van der Waals surface area (Å²) in [7, 11) is 0. The van der Waals surface area contributed by atoms with Crippen molar-refractivity contribution in [1.29, 1.82) is 0 Å². The van der Waals surface area contributed by atoms with E-state index < -0.39 is 5.97 Å². The van der Waals surface area contributed by atoms with Crippen LogP contribution in [0.4, 0.5) is 11.5 Å². The lowest BCUT2D eigenvalue weighted by Gasteiger charge is -2.36. The van der Waals surface area contributed by atoms with E-state index in [1.54, 1.807) is 6.07 Å². The van der Waals surface area contributed by atoms with Gasteiger partial charge in [-0.25, -0.2) is 14.8 Å². The number of rotatable bonds is 4. The Morgan fingerprint density at radius 1 is 1.12 bits per heavy atom. The number of carboxylic acids is 1. The molecule has 0 spiro atoms. The van der Waals surface area contributed by atoms with Crippen molar-refractivity contribution >= 4 is 23.4 Å². The second-order valence-corrected chi connectivity index (χ2v) is 6.26. The number of aromatic carboxylic acids is 1. The van der Waals surface area contributed by atoms with Crippen molar-refractivity contribution in [3.8, 4) is 0 Å². The summed E-state index contributed by atoms with van der Waals surface area (Å²) < 4.78 is 5.71. The minimum Gasteiger partial charge on any atom is -0.477 e. The van der Waals surface area contributed by atoms with Crippen LogP contribution in [0.2, 0.25) is 0 Å². The van der Waals surface area contributed by atoms with Crippen LogP contribution >= 0.6 is 0 Å². The normalized spacial score (nSPS) is 19.8. The van der Waals surface area contributed by atoms with Gasteiger partial charge < -0.3 is 20.1 Å². The number of anilines is 2. The van der Waals surface area contributed by atoms with E-state index in [0.717, 1.165) is 18.9 Å². The Morgan fingerprint density at radius 3 is 2.38 bits per heavy atom. The van der Waals surface area contributed by atoms with Gasteiger partial charge in [-0.3, -0.25) is 4.79 Å². The molecule has 0 aliphatic carbocycles. The summed E-state index contributed by atoms with van der Waals surface area (Å²) in [5, 5.41) is 11.5. The summed E-state index contributed by atoms with van der Waals surface area (Å²) in [6.07, 6.45) is 3.09. The number of amides is 1. The summed E-state index contributed by atoms with van der Waals surface area (Å²) in [4.78, 5) is 33.4. The summed E-state index contributed by atoms with van der Waals surface area (Å²) in [5.41, 5.74) is 0.744. The standard InChI is InChI=1S/C18H20N4O4/c1-11-9-22(10-12(2)26-11)16-6-3-13(7-20-16)17(23)21-14-4-5-15(18(24)25)19-8-14/h3-8,11-12H,9-10H2,1-2H3,(H,21,23)(H,24,25). The van der Waals surface area contributed by atoms with Crippen LogP contribution in [0, 0.1) is 0 Å². The molecule has 1 saturated heterocycles. The number of morpholine rings is 1. The van der Waals surface area contributed by atoms with Gasteiger partial charge in [0, 0.05) is 19.3 Å². The number of nitrogens with one attached hydrogen (secondary N) is 1. The monoisotopic (exact) mass is 356 g/mol. The number of carbonyl (C=O) groups excluding carboxylic acids is 1. The highest BCUT2D eigenvalue weighted by molar-refractivity contribution is 6.04. The van der Waals surface area contributed by atoms with Gasteiger partial charge in [-0.2, -0.15) is 0 Å². The van der Waals surface area contributed by atoms with Crippen molar-refractivity contribution in [2.45, 2.75) is 26.1 Å². The molecule has 0 aromatic carbocycles. The van der Waals surface area contributed by atoms with E-state index in [-0.39, 0.29) is 23.8 Å².